The van der Waals surface area contributed by atoms with Crippen molar-refractivity contribution in [3.63, 3.8) is 0 Å². The van der Waals surface area contributed by atoms with Gasteiger partial charge in [0, 0.05) is 24.4 Å². The summed E-state index contributed by atoms with van der Waals surface area (Å²) in [7, 11) is 1.50. The molecule has 0 unspecified atom stereocenters. The molecule has 9 heteroatoms. The maximum absolute atomic E-state index is 13.5. The molecule has 9 nitrogen and oxygen atoms in total. The first-order valence-corrected chi connectivity index (χ1v) is 10.4. The SMILES string of the molecule is COCCN1C(=O)[C@@H]2[C@@H](C1=O)[C@@]1(N[C@@H]2Cc2ccc(O)c(O)c2)C(=O)Nc2ccccc21. The van der Waals surface area contributed by atoms with Gasteiger partial charge >= 0.3 is 0 Å². The smallest absolute Gasteiger partial charge is 0.250 e. The maximum atomic E-state index is 13.5. The van der Waals surface area contributed by atoms with Crippen molar-refractivity contribution in [1.29, 1.82) is 0 Å². The van der Waals surface area contributed by atoms with E-state index in [1.54, 1.807) is 30.3 Å². The van der Waals surface area contributed by atoms with Gasteiger partial charge < -0.3 is 20.3 Å². The third kappa shape index (κ3) is 2.74. The topological polar surface area (TPSA) is 128 Å². The van der Waals surface area contributed by atoms with Gasteiger partial charge in [0.1, 0.15) is 5.54 Å². The fourth-order valence-electron chi connectivity index (χ4n) is 5.35. The first kappa shape index (κ1) is 20.5. The summed E-state index contributed by atoms with van der Waals surface area (Å²) in [6.07, 6.45) is 0.281. The van der Waals surface area contributed by atoms with Gasteiger partial charge in [0.15, 0.2) is 11.5 Å². The molecule has 4 N–H and O–H groups in total. The Kier molecular flexibility index (Phi) is 4.68. The van der Waals surface area contributed by atoms with Crippen LogP contribution < -0.4 is 10.6 Å². The lowest BCUT2D eigenvalue weighted by Crippen LogP contribution is -2.53. The van der Waals surface area contributed by atoms with Crippen LogP contribution in [0.2, 0.25) is 0 Å². The zero-order chi connectivity index (χ0) is 22.6. The number of fused-ring (bicyclic) bond motifs is 4. The van der Waals surface area contributed by atoms with Crippen LogP contribution in [-0.2, 0) is 31.1 Å². The number of aromatic hydroxyl groups is 2. The third-order valence-corrected chi connectivity index (χ3v) is 6.73. The molecule has 2 saturated heterocycles. The van der Waals surface area contributed by atoms with Crippen LogP contribution in [-0.4, -0.2) is 59.1 Å². The number of phenolic OH excluding ortho intramolecular Hbond substituents is 2. The highest BCUT2D eigenvalue weighted by molar-refractivity contribution is 6.15. The summed E-state index contributed by atoms with van der Waals surface area (Å²) in [5.41, 5.74) is 0.559. The van der Waals surface area contributed by atoms with E-state index < -0.39 is 29.3 Å². The van der Waals surface area contributed by atoms with Crippen molar-refractivity contribution in [3.05, 3.63) is 53.6 Å². The molecule has 32 heavy (non-hydrogen) atoms. The molecule has 5 rings (SSSR count). The van der Waals surface area contributed by atoms with E-state index in [1.807, 2.05) is 0 Å². The Hall–Kier alpha value is -3.43. The third-order valence-electron chi connectivity index (χ3n) is 6.73. The number of nitrogens with zero attached hydrogens (tertiary/aromatic N) is 1. The van der Waals surface area contributed by atoms with Crippen molar-refractivity contribution in [1.82, 2.24) is 10.2 Å². The fraction of sp³-hybridized carbons (Fsp3) is 0.348. The minimum Gasteiger partial charge on any atom is -0.504 e. The summed E-state index contributed by atoms with van der Waals surface area (Å²) in [4.78, 5) is 41.4. The average molecular weight is 437 g/mol. The average Bonchev–Trinajstić information content (AvgIpc) is 3.34. The van der Waals surface area contributed by atoms with Gasteiger partial charge in [0.05, 0.1) is 25.0 Å². The summed E-state index contributed by atoms with van der Waals surface area (Å²) in [6, 6.07) is 11.1. The zero-order valence-electron chi connectivity index (χ0n) is 17.4. The van der Waals surface area contributed by atoms with Crippen LogP contribution in [0.5, 0.6) is 11.5 Å². The molecule has 0 aromatic heterocycles. The van der Waals surface area contributed by atoms with Crippen LogP contribution in [0.3, 0.4) is 0 Å². The molecule has 3 amide bonds. The highest BCUT2D eigenvalue weighted by Crippen LogP contribution is 2.53. The number of imide groups is 1. The number of phenols is 2. The second-order valence-corrected chi connectivity index (χ2v) is 8.41. The number of amides is 3. The van der Waals surface area contributed by atoms with Crippen LogP contribution in [0, 0.1) is 11.8 Å². The number of ether oxygens (including phenoxy) is 1. The van der Waals surface area contributed by atoms with Crippen molar-refractivity contribution in [2.24, 2.45) is 11.8 Å². The Morgan fingerprint density at radius 1 is 1.06 bits per heavy atom. The Morgan fingerprint density at radius 3 is 2.59 bits per heavy atom. The molecule has 3 aliphatic rings. The number of carbonyl (C=O) groups excluding carboxylic acids is 3. The van der Waals surface area contributed by atoms with Gasteiger partial charge in [-0.25, -0.2) is 0 Å². The number of rotatable bonds is 5. The first-order valence-electron chi connectivity index (χ1n) is 10.4. The van der Waals surface area contributed by atoms with E-state index in [9.17, 15) is 24.6 Å². The van der Waals surface area contributed by atoms with Crippen LogP contribution in [0.15, 0.2) is 42.5 Å². The van der Waals surface area contributed by atoms with Gasteiger partial charge in [-0.1, -0.05) is 24.3 Å². The van der Waals surface area contributed by atoms with Crippen molar-refractivity contribution in [2.75, 3.05) is 25.6 Å². The lowest BCUT2D eigenvalue weighted by molar-refractivity contribution is -0.143. The normalized spacial score (nSPS) is 28.3. The van der Waals surface area contributed by atoms with Crippen LogP contribution in [0.4, 0.5) is 5.69 Å². The van der Waals surface area contributed by atoms with Gasteiger partial charge in [-0.05, 0) is 30.2 Å². The maximum Gasteiger partial charge on any atom is 0.250 e. The fourth-order valence-corrected chi connectivity index (χ4v) is 5.35. The van der Waals surface area contributed by atoms with Gasteiger partial charge in [0.2, 0.25) is 17.7 Å². The number of para-hydroxylation sites is 1. The molecule has 2 aromatic rings. The Balaban J connectivity index is 1.59. The molecule has 3 heterocycles. The molecule has 0 saturated carbocycles. The highest BCUT2D eigenvalue weighted by Gasteiger charge is 2.70. The van der Waals surface area contributed by atoms with Crippen molar-refractivity contribution < 1.29 is 29.3 Å². The van der Waals surface area contributed by atoms with E-state index in [0.29, 0.717) is 16.8 Å². The lowest BCUT2D eigenvalue weighted by Gasteiger charge is -2.29. The number of anilines is 1. The Bertz CT molecular complexity index is 1130. The molecule has 166 valence electrons. The van der Waals surface area contributed by atoms with Crippen molar-refractivity contribution in [3.8, 4) is 11.5 Å². The van der Waals surface area contributed by atoms with E-state index >= 15 is 0 Å². The van der Waals surface area contributed by atoms with Gasteiger partial charge in [-0.2, -0.15) is 0 Å². The molecule has 4 atom stereocenters. The van der Waals surface area contributed by atoms with Crippen LogP contribution in [0.25, 0.3) is 0 Å². The minimum atomic E-state index is -1.36. The van der Waals surface area contributed by atoms with Gasteiger partial charge in [-0.3, -0.25) is 24.6 Å². The summed E-state index contributed by atoms with van der Waals surface area (Å²) < 4.78 is 5.07. The quantitative estimate of drug-likeness (QED) is 0.401. The standard InChI is InChI=1S/C23H23N3O6/c1-32-9-8-26-20(29)18-15(10-12-6-7-16(27)17(28)11-12)25-23(19(18)21(26)30)13-4-2-3-5-14(13)24-22(23)31/h2-7,11,15,18-19,25,27-28H,8-10H2,1H3,(H,24,31)/t15-,18+,19+,23-/m1/s1. The van der Waals surface area contributed by atoms with E-state index in [2.05, 4.69) is 10.6 Å². The van der Waals surface area contributed by atoms with Crippen LogP contribution in [0.1, 0.15) is 11.1 Å². The molecule has 2 fully saturated rings. The summed E-state index contributed by atoms with van der Waals surface area (Å²) in [5.74, 6) is -3.27. The van der Waals surface area contributed by atoms with E-state index in [-0.39, 0.29) is 42.9 Å². The summed E-state index contributed by atoms with van der Waals surface area (Å²) in [5, 5.41) is 25.7. The van der Waals surface area contributed by atoms with Crippen molar-refractivity contribution >= 4 is 23.4 Å². The van der Waals surface area contributed by atoms with Gasteiger partial charge in [-0.15, -0.1) is 0 Å². The molecule has 3 aliphatic heterocycles. The van der Waals surface area contributed by atoms with E-state index in [4.69, 9.17) is 4.74 Å². The number of benzene rings is 2. The molecule has 0 aliphatic carbocycles. The highest BCUT2D eigenvalue weighted by atomic mass is 16.5. The Labute approximate surface area is 184 Å². The zero-order valence-corrected chi connectivity index (χ0v) is 17.4. The predicted octanol–water partition coefficient (Wildman–Crippen LogP) is 0.707. The first-order chi connectivity index (χ1) is 15.4. The molecule has 0 bridgehead atoms. The minimum absolute atomic E-state index is 0.118. The summed E-state index contributed by atoms with van der Waals surface area (Å²) in [6.45, 7) is 0.323. The lowest BCUT2D eigenvalue weighted by atomic mass is 9.76. The predicted molar refractivity (Wildman–Crippen MR) is 113 cm³/mol. The molecule has 2 aromatic carbocycles. The van der Waals surface area contributed by atoms with Crippen LogP contribution >= 0.6 is 0 Å². The molecular formula is C23H23N3O6. The van der Waals surface area contributed by atoms with Gasteiger partial charge in [0.25, 0.3) is 0 Å². The molecular weight excluding hydrogens is 414 g/mol. The number of likely N-dealkylation sites (tertiary alicyclic amines) is 1. The summed E-state index contributed by atoms with van der Waals surface area (Å²) >= 11 is 0. The second-order valence-electron chi connectivity index (χ2n) is 8.41. The Morgan fingerprint density at radius 2 is 1.84 bits per heavy atom. The number of methoxy groups -OCH3 is 1. The van der Waals surface area contributed by atoms with Crippen molar-refractivity contribution in [2.45, 2.75) is 18.0 Å². The second kappa shape index (κ2) is 7.32. The number of carbonyl (C=O) groups is 3. The number of nitrogens with one attached hydrogen (secondary N) is 2. The molecule has 0 radical (unpaired) electrons. The molecule has 1 spiro atoms. The van der Waals surface area contributed by atoms with E-state index in [1.165, 1.54) is 24.1 Å². The van der Waals surface area contributed by atoms with E-state index in [0.717, 1.165) is 0 Å². The monoisotopic (exact) mass is 437 g/mol. The number of hydrogen-bond acceptors (Lipinski definition) is 7. The largest absolute Gasteiger partial charge is 0.504 e. The number of hydrogen-bond donors (Lipinski definition) is 4.